The number of carbonyl (C=O) groups excluding carboxylic acids is 1. The first kappa shape index (κ1) is 18.1. The summed E-state index contributed by atoms with van der Waals surface area (Å²) in [5.74, 6) is 0.566. The summed E-state index contributed by atoms with van der Waals surface area (Å²) in [4.78, 5) is 16.4. The fourth-order valence-corrected chi connectivity index (χ4v) is 5.88. The van der Waals surface area contributed by atoms with Gasteiger partial charge in [0.25, 0.3) is 0 Å². The van der Waals surface area contributed by atoms with Crippen LogP contribution in [0.2, 0.25) is 5.02 Å². The number of nitrogens with zero attached hydrogens (tertiary/aromatic N) is 2. The minimum Gasteiger partial charge on any atom is -0.497 e. The Labute approximate surface area is 163 Å². The Balaban J connectivity index is 1.78. The summed E-state index contributed by atoms with van der Waals surface area (Å²) in [6, 6.07) is 11.3. The van der Waals surface area contributed by atoms with Gasteiger partial charge < -0.3 is 4.74 Å². The predicted octanol–water partition coefficient (Wildman–Crippen LogP) is 3.27. The quantitative estimate of drug-likeness (QED) is 0.734. The van der Waals surface area contributed by atoms with E-state index in [0.29, 0.717) is 22.1 Å². The molecule has 2 aliphatic heterocycles. The normalized spacial score (nSPS) is 23.6. The first-order valence-electron chi connectivity index (χ1n) is 8.54. The minimum atomic E-state index is -3.24. The fraction of sp³-hybridized carbons (Fsp3) is 0.316. The van der Waals surface area contributed by atoms with Crippen LogP contribution in [0.3, 0.4) is 0 Å². The Morgan fingerprint density at radius 2 is 1.56 bits per heavy atom. The predicted molar refractivity (Wildman–Crippen MR) is 106 cm³/mol. The molecule has 0 saturated carbocycles. The molecule has 0 spiro atoms. The zero-order valence-electron chi connectivity index (χ0n) is 14.9. The lowest BCUT2D eigenvalue weighted by Gasteiger charge is -2.23. The maximum Gasteiger partial charge on any atom is 0.329 e. The van der Waals surface area contributed by atoms with Crippen molar-refractivity contribution in [1.29, 1.82) is 0 Å². The molecule has 8 heteroatoms. The SMILES string of the molecule is COc1ccc(N2C(=O)N(c3ccc(C)c(Cl)c3)[C@H]3CS(=O)(=O)C[C@H]32)cc1. The molecule has 0 bridgehead atoms. The molecule has 0 aliphatic carbocycles. The Kier molecular flexibility index (Phi) is 4.31. The lowest BCUT2D eigenvalue weighted by atomic mass is 10.1. The van der Waals surface area contributed by atoms with E-state index in [1.165, 1.54) is 0 Å². The molecule has 2 aromatic carbocycles. The topological polar surface area (TPSA) is 66.9 Å². The standard InChI is InChI=1S/C19H19ClN2O4S/c1-12-3-4-14(9-16(12)20)22-18-11-27(24,25)10-17(18)21(19(22)23)13-5-7-15(26-2)8-6-13/h3-9,17-18H,10-11H2,1-2H3/t17-,18+/m1/s1. The fourth-order valence-electron chi connectivity index (χ4n) is 3.78. The van der Waals surface area contributed by atoms with Crippen molar-refractivity contribution in [3.8, 4) is 5.75 Å². The van der Waals surface area contributed by atoms with Crippen LogP contribution in [0.4, 0.5) is 16.2 Å². The second kappa shape index (κ2) is 6.42. The molecule has 27 heavy (non-hydrogen) atoms. The second-order valence-corrected chi connectivity index (χ2v) is 9.43. The van der Waals surface area contributed by atoms with Gasteiger partial charge in [-0.15, -0.1) is 0 Å². The van der Waals surface area contributed by atoms with Crippen LogP contribution < -0.4 is 14.5 Å². The van der Waals surface area contributed by atoms with Crippen molar-refractivity contribution in [1.82, 2.24) is 0 Å². The molecule has 0 radical (unpaired) electrons. The monoisotopic (exact) mass is 406 g/mol. The van der Waals surface area contributed by atoms with E-state index in [0.717, 1.165) is 5.56 Å². The molecule has 142 valence electrons. The van der Waals surface area contributed by atoms with Gasteiger partial charge in [-0.1, -0.05) is 17.7 Å². The van der Waals surface area contributed by atoms with E-state index in [4.69, 9.17) is 16.3 Å². The molecule has 6 nitrogen and oxygen atoms in total. The van der Waals surface area contributed by atoms with Gasteiger partial charge in [-0.2, -0.15) is 0 Å². The Bertz CT molecular complexity index is 1010. The molecule has 0 aromatic heterocycles. The number of fused-ring (bicyclic) bond motifs is 1. The molecule has 2 aromatic rings. The maximum atomic E-state index is 13.3. The maximum absolute atomic E-state index is 13.3. The number of ether oxygens (including phenoxy) is 1. The highest BCUT2D eigenvalue weighted by Gasteiger charge is 2.54. The van der Waals surface area contributed by atoms with Gasteiger partial charge in [0.05, 0.1) is 30.7 Å². The van der Waals surface area contributed by atoms with Crippen molar-refractivity contribution < 1.29 is 17.9 Å². The minimum absolute atomic E-state index is 0.0501. The van der Waals surface area contributed by atoms with Gasteiger partial charge in [0.15, 0.2) is 9.84 Å². The number of carbonyl (C=O) groups is 1. The van der Waals surface area contributed by atoms with E-state index in [2.05, 4.69) is 0 Å². The number of sulfone groups is 1. The number of amides is 2. The average Bonchev–Trinajstić information content (AvgIpc) is 3.06. The number of hydrogen-bond acceptors (Lipinski definition) is 4. The van der Waals surface area contributed by atoms with Gasteiger partial charge in [0.1, 0.15) is 5.75 Å². The summed E-state index contributed by atoms with van der Waals surface area (Å²) in [5.41, 5.74) is 2.15. The summed E-state index contributed by atoms with van der Waals surface area (Å²) in [7, 11) is -1.67. The van der Waals surface area contributed by atoms with Gasteiger partial charge in [0, 0.05) is 16.4 Å². The van der Waals surface area contributed by atoms with Crippen LogP contribution in [0, 0.1) is 6.92 Å². The number of rotatable bonds is 3. The zero-order chi connectivity index (χ0) is 19.3. The van der Waals surface area contributed by atoms with Crippen LogP contribution in [-0.4, -0.2) is 45.1 Å². The summed E-state index contributed by atoms with van der Waals surface area (Å²) >= 11 is 6.24. The molecule has 2 atom stereocenters. The molecule has 0 N–H and O–H groups in total. The van der Waals surface area contributed by atoms with Gasteiger partial charge in [-0.25, -0.2) is 13.2 Å². The summed E-state index contributed by atoms with van der Waals surface area (Å²) in [6.07, 6.45) is 0. The molecule has 2 saturated heterocycles. The molecule has 2 amide bonds. The average molecular weight is 407 g/mol. The number of hydrogen-bond donors (Lipinski definition) is 0. The van der Waals surface area contributed by atoms with Crippen LogP contribution in [0.25, 0.3) is 0 Å². The Morgan fingerprint density at radius 1 is 1.00 bits per heavy atom. The van der Waals surface area contributed by atoms with Crippen molar-refractivity contribution in [2.75, 3.05) is 28.4 Å². The van der Waals surface area contributed by atoms with Gasteiger partial charge in [0.2, 0.25) is 0 Å². The molecular weight excluding hydrogens is 388 g/mol. The van der Waals surface area contributed by atoms with Gasteiger partial charge in [-0.05, 0) is 48.9 Å². The summed E-state index contributed by atoms with van der Waals surface area (Å²) < 4.78 is 29.8. The first-order valence-corrected chi connectivity index (χ1v) is 10.7. The van der Waals surface area contributed by atoms with E-state index in [9.17, 15) is 13.2 Å². The van der Waals surface area contributed by atoms with E-state index in [1.807, 2.05) is 13.0 Å². The molecule has 0 unspecified atom stereocenters. The van der Waals surface area contributed by atoms with Gasteiger partial charge in [-0.3, -0.25) is 9.80 Å². The van der Waals surface area contributed by atoms with Crippen molar-refractivity contribution in [3.63, 3.8) is 0 Å². The highest BCUT2D eigenvalue weighted by Crippen LogP contribution is 2.39. The Morgan fingerprint density at radius 3 is 2.11 bits per heavy atom. The lowest BCUT2D eigenvalue weighted by Crippen LogP contribution is -2.37. The van der Waals surface area contributed by atoms with Crippen molar-refractivity contribution in [2.45, 2.75) is 19.0 Å². The third kappa shape index (κ3) is 3.04. The van der Waals surface area contributed by atoms with Crippen LogP contribution >= 0.6 is 11.6 Å². The van der Waals surface area contributed by atoms with Crippen LogP contribution in [0.15, 0.2) is 42.5 Å². The molecule has 4 rings (SSSR count). The highest BCUT2D eigenvalue weighted by molar-refractivity contribution is 7.91. The van der Waals surface area contributed by atoms with E-state index >= 15 is 0 Å². The number of halogens is 1. The summed E-state index contributed by atoms with van der Waals surface area (Å²) in [6.45, 7) is 1.88. The third-order valence-corrected chi connectivity index (χ3v) is 7.26. The number of aryl methyl sites for hydroxylation is 1. The smallest absolute Gasteiger partial charge is 0.329 e. The van der Waals surface area contributed by atoms with E-state index < -0.39 is 21.9 Å². The first-order chi connectivity index (χ1) is 12.8. The molecule has 2 heterocycles. The highest BCUT2D eigenvalue weighted by atomic mass is 35.5. The van der Waals surface area contributed by atoms with Crippen LogP contribution in [-0.2, 0) is 9.84 Å². The number of urea groups is 1. The zero-order valence-corrected chi connectivity index (χ0v) is 16.5. The largest absolute Gasteiger partial charge is 0.497 e. The van der Waals surface area contributed by atoms with Crippen molar-refractivity contribution in [2.24, 2.45) is 0 Å². The van der Waals surface area contributed by atoms with Crippen LogP contribution in [0.1, 0.15) is 5.56 Å². The Hall–Kier alpha value is -2.25. The number of anilines is 2. The third-order valence-electron chi connectivity index (χ3n) is 5.15. The number of benzene rings is 2. The van der Waals surface area contributed by atoms with E-state index in [1.54, 1.807) is 53.3 Å². The molecule has 2 aliphatic rings. The summed E-state index contributed by atoms with van der Waals surface area (Å²) in [5, 5.41) is 0.542. The number of methoxy groups -OCH3 is 1. The van der Waals surface area contributed by atoms with Gasteiger partial charge >= 0.3 is 6.03 Å². The molecular formula is C19H19ClN2O4S. The van der Waals surface area contributed by atoms with Crippen LogP contribution in [0.5, 0.6) is 5.75 Å². The van der Waals surface area contributed by atoms with Crippen molar-refractivity contribution >= 4 is 38.8 Å². The second-order valence-electron chi connectivity index (χ2n) is 6.87. The van der Waals surface area contributed by atoms with E-state index in [-0.39, 0.29) is 17.5 Å². The molecule has 2 fully saturated rings. The van der Waals surface area contributed by atoms with Crippen molar-refractivity contribution in [3.05, 3.63) is 53.1 Å². The lowest BCUT2D eigenvalue weighted by molar-refractivity contribution is 0.255.